The van der Waals surface area contributed by atoms with E-state index in [4.69, 9.17) is 5.11 Å². The maximum atomic E-state index is 11.5. The standard InChI is InChI=1S/C10H13NO4S/c1-11(7-10(12)13)8-5-3-4-6-9(8)16(2,14)15/h3-6H,7H2,1-2H3,(H,12,13). The van der Waals surface area contributed by atoms with E-state index in [0.717, 1.165) is 6.26 Å². The number of nitrogens with zero attached hydrogens (tertiary/aromatic N) is 1. The Morgan fingerprint density at radius 3 is 2.44 bits per heavy atom. The second kappa shape index (κ2) is 4.52. The molecule has 0 amide bonds. The van der Waals surface area contributed by atoms with Gasteiger partial charge in [0.25, 0.3) is 0 Å². The summed E-state index contributed by atoms with van der Waals surface area (Å²) in [6.07, 6.45) is 1.10. The van der Waals surface area contributed by atoms with Crippen molar-refractivity contribution in [3.63, 3.8) is 0 Å². The van der Waals surface area contributed by atoms with Gasteiger partial charge in [0.1, 0.15) is 6.54 Å². The Labute approximate surface area is 94.2 Å². The van der Waals surface area contributed by atoms with Crippen molar-refractivity contribution in [2.24, 2.45) is 0 Å². The Kier molecular flexibility index (Phi) is 3.54. The molecule has 0 spiro atoms. The van der Waals surface area contributed by atoms with E-state index in [1.807, 2.05) is 0 Å². The van der Waals surface area contributed by atoms with Gasteiger partial charge in [-0.25, -0.2) is 8.42 Å². The topological polar surface area (TPSA) is 74.7 Å². The lowest BCUT2D eigenvalue weighted by molar-refractivity contribution is -0.135. The molecule has 6 heteroatoms. The Balaban J connectivity index is 3.19. The van der Waals surface area contributed by atoms with Crippen molar-refractivity contribution in [2.45, 2.75) is 4.90 Å². The average molecular weight is 243 g/mol. The normalized spacial score (nSPS) is 11.1. The fourth-order valence-electron chi connectivity index (χ4n) is 1.37. The molecular weight excluding hydrogens is 230 g/mol. The first kappa shape index (κ1) is 12.5. The highest BCUT2D eigenvalue weighted by molar-refractivity contribution is 7.90. The molecule has 0 aliphatic heterocycles. The monoisotopic (exact) mass is 243 g/mol. The van der Waals surface area contributed by atoms with E-state index in [0.29, 0.717) is 5.69 Å². The number of hydrogen-bond acceptors (Lipinski definition) is 4. The van der Waals surface area contributed by atoms with Crippen molar-refractivity contribution in [3.05, 3.63) is 24.3 Å². The minimum Gasteiger partial charge on any atom is -0.480 e. The molecule has 0 heterocycles. The van der Waals surface area contributed by atoms with Crippen molar-refractivity contribution in [1.29, 1.82) is 0 Å². The number of likely N-dealkylation sites (N-methyl/N-ethyl adjacent to an activating group) is 1. The predicted molar refractivity (Wildman–Crippen MR) is 60.5 cm³/mol. The van der Waals surface area contributed by atoms with E-state index >= 15 is 0 Å². The maximum Gasteiger partial charge on any atom is 0.323 e. The fraction of sp³-hybridized carbons (Fsp3) is 0.300. The SMILES string of the molecule is CN(CC(=O)O)c1ccccc1S(C)(=O)=O. The molecule has 0 fully saturated rings. The molecule has 0 saturated heterocycles. The van der Waals surface area contributed by atoms with Gasteiger partial charge in [-0.3, -0.25) is 4.79 Å². The van der Waals surface area contributed by atoms with E-state index in [9.17, 15) is 13.2 Å². The number of carbonyl (C=O) groups is 1. The molecular formula is C10H13NO4S. The predicted octanol–water partition coefficient (Wildman–Crippen LogP) is 0.611. The number of anilines is 1. The number of hydrogen-bond donors (Lipinski definition) is 1. The summed E-state index contributed by atoms with van der Waals surface area (Å²) in [4.78, 5) is 12.1. The van der Waals surface area contributed by atoms with Gasteiger partial charge in [-0.05, 0) is 12.1 Å². The molecule has 0 radical (unpaired) electrons. The summed E-state index contributed by atoms with van der Waals surface area (Å²) in [5, 5.41) is 8.65. The minimum absolute atomic E-state index is 0.138. The van der Waals surface area contributed by atoms with Crippen LogP contribution in [0.4, 0.5) is 5.69 Å². The van der Waals surface area contributed by atoms with Gasteiger partial charge in [-0.1, -0.05) is 12.1 Å². The van der Waals surface area contributed by atoms with Gasteiger partial charge >= 0.3 is 5.97 Å². The summed E-state index contributed by atoms with van der Waals surface area (Å²) in [6, 6.07) is 6.32. The van der Waals surface area contributed by atoms with Gasteiger partial charge in [0.05, 0.1) is 10.6 Å². The van der Waals surface area contributed by atoms with Crippen LogP contribution in [0.3, 0.4) is 0 Å². The molecule has 0 aliphatic rings. The zero-order valence-corrected chi connectivity index (χ0v) is 9.86. The number of carboxylic acid groups (broad SMARTS) is 1. The number of carboxylic acids is 1. The molecule has 5 nitrogen and oxygen atoms in total. The number of para-hydroxylation sites is 1. The lowest BCUT2D eigenvalue weighted by Gasteiger charge is -2.19. The average Bonchev–Trinajstić information content (AvgIpc) is 2.15. The zero-order valence-electron chi connectivity index (χ0n) is 9.04. The second-order valence-corrected chi connectivity index (χ2v) is 5.47. The Morgan fingerprint density at radius 1 is 1.38 bits per heavy atom. The smallest absolute Gasteiger partial charge is 0.323 e. The molecule has 1 rings (SSSR count). The van der Waals surface area contributed by atoms with Gasteiger partial charge in [0.15, 0.2) is 9.84 Å². The molecule has 0 atom stereocenters. The van der Waals surface area contributed by atoms with Crippen LogP contribution in [-0.4, -0.2) is 39.3 Å². The fourth-order valence-corrected chi connectivity index (χ4v) is 2.30. The molecule has 1 aromatic rings. The van der Waals surface area contributed by atoms with Crippen molar-refractivity contribution in [2.75, 3.05) is 24.7 Å². The molecule has 1 aromatic carbocycles. The van der Waals surface area contributed by atoms with Gasteiger partial charge < -0.3 is 10.0 Å². The third-order valence-corrected chi connectivity index (χ3v) is 3.19. The van der Waals surface area contributed by atoms with E-state index in [1.54, 1.807) is 18.2 Å². The van der Waals surface area contributed by atoms with Crippen LogP contribution < -0.4 is 4.90 Å². The van der Waals surface area contributed by atoms with Gasteiger partial charge in [-0.2, -0.15) is 0 Å². The first-order valence-electron chi connectivity index (χ1n) is 4.54. The van der Waals surface area contributed by atoms with Crippen molar-refractivity contribution in [3.8, 4) is 0 Å². The summed E-state index contributed by atoms with van der Waals surface area (Å²) in [7, 11) is -1.81. The van der Waals surface area contributed by atoms with Gasteiger partial charge in [0.2, 0.25) is 0 Å². The van der Waals surface area contributed by atoms with Crippen molar-refractivity contribution < 1.29 is 18.3 Å². The third-order valence-electron chi connectivity index (χ3n) is 2.05. The first-order valence-corrected chi connectivity index (χ1v) is 6.43. The van der Waals surface area contributed by atoms with Crippen LogP contribution in [0.1, 0.15) is 0 Å². The summed E-state index contributed by atoms with van der Waals surface area (Å²) in [5.74, 6) is -1.01. The largest absolute Gasteiger partial charge is 0.480 e. The highest BCUT2D eigenvalue weighted by Gasteiger charge is 2.16. The van der Waals surface area contributed by atoms with Crippen LogP contribution in [0.5, 0.6) is 0 Å². The molecule has 0 aliphatic carbocycles. The Morgan fingerprint density at radius 2 is 1.94 bits per heavy atom. The molecule has 0 bridgehead atoms. The summed E-state index contributed by atoms with van der Waals surface area (Å²) >= 11 is 0. The maximum absolute atomic E-state index is 11.5. The summed E-state index contributed by atoms with van der Waals surface area (Å²) < 4.78 is 22.9. The van der Waals surface area contributed by atoms with E-state index in [2.05, 4.69) is 0 Å². The van der Waals surface area contributed by atoms with Crippen LogP contribution in [0, 0.1) is 0 Å². The van der Waals surface area contributed by atoms with Crippen LogP contribution in [-0.2, 0) is 14.6 Å². The Hall–Kier alpha value is -1.56. The Bertz CT molecular complexity index is 495. The molecule has 1 N–H and O–H groups in total. The molecule has 0 aromatic heterocycles. The number of benzene rings is 1. The lowest BCUT2D eigenvalue weighted by atomic mass is 10.3. The van der Waals surface area contributed by atoms with Crippen LogP contribution >= 0.6 is 0 Å². The van der Waals surface area contributed by atoms with Crippen LogP contribution in [0.15, 0.2) is 29.2 Å². The summed E-state index contributed by atoms with van der Waals surface area (Å²) in [6.45, 7) is -0.244. The molecule has 0 unspecified atom stereocenters. The van der Waals surface area contributed by atoms with E-state index in [1.165, 1.54) is 18.0 Å². The lowest BCUT2D eigenvalue weighted by Crippen LogP contribution is -2.26. The number of aliphatic carboxylic acids is 1. The number of rotatable bonds is 4. The van der Waals surface area contributed by atoms with Gasteiger partial charge in [0, 0.05) is 13.3 Å². The second-order valence-electron chi connectivity index (χ2n) is 3.49. The van der Waals surface area contributed by atoms with Crippen molar-refractivity contribution in [1.82, 2.24) is 0 Å². The first-order chi connectivity index (χ1) is 7.32. The molecule has 16 heavy (non-hydrogen) atoms. The highest BCUT2D eigenvalue weighted by atomic mass is 32.2. The van der Waals surface area contributed by atoms with E-state index in [-0.39, 0.29) is 11.4 Å². The molecule has 0 saturated carbocycles. The third kappa shape index (κ3) is 2.96. The molecule has 88 valence electrons. The van der Waals surface area contributed by atoms with Crippen molar-refractivity contribution >= 4 is 21.5 Å². The highest BCUT2D eigenvalue weighted by Crippen LogP contribution is 2.23. The van der Waals surface area contributed by atoms with Crippen LogP contribution in [0.2, 0.25) is 0 Å². The number of sulfone groups is 1. The van der Waals surface area contributed by atoms with Crippen LogP contribution in [0.25, 0.3) is 0 Å². The zero-order chi connectivity index (χ0) is 12.3. The van der Waals surface area contributed by atoms with E-state index < -0.39 is 15.8 Å². The quantitative estimate of drug-likeness (QED) is 0.838. The minimum atomic E-state index is -3.35. The van der Waals surface area contributed by atoms with Gasteiger partial charge in [-0.15, -0.1) is 0 Å². The summed E-state index contributed by atoms with van der Waals surface area (Å²) in [5.41, 5.74) is 0.396.